The fraction of sp³-hybridized carbons (Fsp3) is 0.778. The number of carbonyl (C=O) groups is 2. The molecule has 0 aromatic heterocycles. The van der Waals surface area contributed by atoms with E-state index in [0.717, 1.165) is 0 Å². The fourth-order valence-electron chi connectivity index (χ4n) is 1.12. The van der Waals surface area contributed by atoms with Gasteiger partial charge < -0.3 is 20.4 Å². The van der Waals surface area contributed by atoms with Gasteiger partial charge in [-0.1, -0.05) is 6.92 Å². The molecule has 0 aliphatic rings. The van der Waals surface area contributed by atoms with E-state index in [1.165, 1.54) is 0 Å². The van der Waals surface area contributed by atoms with Crippen molar-refractivity contribution in [2.75, 3.05) is 19.6 Å². The highest BCUT2D eigenvalue weighted by Gasteiger charge is 2.32. The lowest BCUT2D eigenvalue weighted by Crippen LogP contribution is -2.47. The maximum absolute atomic E-state index is 12.2. The van der Waals surface area contributed by atoms with Crippen LogP contribution in [0.1, 0.15) is 13.3 Å². The number of hydrogen-bond acceptors (Lipinski definition) is 3. The molecule has 2 amide bonds. The van der Waals surface area contributed by atoms with Crippen LogP contribution in [0, 0.1) is 0 Å². The monoisotopic (exact) mass is 272 g/mol. The first-order valence-corrected chi connectivity index (χ1v) is 5.17. The average Bonchev–Trinajstić information content (AvgIpc) is 2.22. The second-order valence-corrected chi connectivity index (χ2v) is 3.58. The molecule has 3 N–H and O–H groups in total. The van der Waals surface area contributed by atoms with Crippen molar-refractivity contribution in [1.29, 1.82) is 0 Å². The normalized spacial score (nSPS) is 12.9. The van der Waals surface area contributed by atoms with Gasteiger partial charge in [0.1, 0.15) is 6.54 Å². The van der Waals surface area contributed by atoms with E-state index < -0.39 is 37.4 Å². The molecule has 0 aliphatic carbocycles. The molecule has 0 rings (SSSR count). The van der Waals surface area contributed by atoms with Gasteiger partial charge in [0, 0.05) is 6.54 Å². The van der Waals surface area contributed by atoms with E-state index in [2.05, 4.69) is 0 Å². The molecule has 1 atom stereocenters. The number of urea groups is 1. The highest BCUT2D eigenvalue weighted by molar-refractivity contribution is 5.76. The Labute approximate surface area is 101 Å². The lowest BCUT2D eigenvalue weighted by molar-refractivity contribution is -0.146. The van der Waals surface area contributed by atoms with Crippen molar-refractivity contribution in [2.24, 2.45) is 0 Å². The maximum atomic E-state index is 12.2. The number of carboxylic acid groups (broad SMARTS) is 1. The highest BCUT2D eigenvalue weighted by Crippen LogP contribution is 2.16. The predicted molar refractivity (Wildman–Crippen MR) is 55.0 cm³/mol. The van der Waals surface area contributed by atoms with Gasteiger partial charge in [-0.15, -0.1) is 0 Å². The molecule has 18 heavy (non-hydrogen) atoms. The molecule has 6 nitrogen and oxygen atoms in total. The number of halogens is 3. The van der Waals surface area contributed by atoms with Crippen LogP contribution in [0.2, 0.25) is 0 Å². The van der Waals surface area contributed by atoms with Crippen LogP contribution in [0.25, 0.3) is 0 Å². The highest BCUT2D eigenvalue weighted by atomic mass is 19.4. The topological polar surface area (TPSA) is 89.9 Å². The van der Waals surface area contributed by atoms with Crippen LogP contribution in [-0.4, -0.2) is 59.0 Å². The van der Waals surface area contributed by atoms with Crippen molar-refractivity contribution < 1.29 is 33.0 Å². The van der Waals surface area contributed by atoms with Crippen molar-refractivity contribution in [3.8, 4) is 0 Å². The first kappa shape index (κ1) is 16.5. The SMILES string of the molecule is CCCN(CC(F)(F)F)C(=O)NC[C@H](O)C(=O)O. The van der Waals surface area contributed by atoms with E-state index in [1.54, 1.807) is 6.92 Å². The lowest BCUT2D eigenvalue weighted by Gasteiger charge is -2.24. The molecule has 0 saturated carbocycles. The van der Waals surface area contributed by atoms with Crippen molar-refractivity contribution in [1.82, 2.24) is 10.2 Å². The zero-order valence-corrected chi connectivity index (χ0v) is 9.70. The molecule has 0 aliphatic heterocycles. The van der Waals surface area contributed by atoms with Gasteiger partial charge in [-0.05, 0) is 6.42 Å². The van der Waals surface area contributed by atoms with Crippen LogP contribution in [0.15, 0.2) is 0 Å². The van der Waals surface area contributed by atoms with Crippen molar-refractivity contribution in [3.63, 3.8) is 0 Å². The third-order valence-electron chi connectivity index (χ3n) is 1.88. The molecule has 0 heterocycles. The van der Waals surface area contributed by atoms with Crippen LogP contribution < -0.4 is 5.32 Å². The first-order chi connectivity index (χ1) is 8.17. The number of aliphatic hydroxyl groups is 1. The van der Waals surface area contributed by atoms with Gasteiger partial charge in [0.25, 0.3) is 0 Å². The summed E-state index contributed by atoms with van der Waals surface area (Å²) >= 11 is 0. The fourth-order valence-corrected chi connectivity index (χ4v) is 1.12. The number of aliphatic carboxylic acids is 1. The van der Waals surface area contributed by atoms with Gasteiger partial charge in [-0.2, -0.15) is 13.2 Å². The number of nitrogens with one attached hydrogen (secondary N) is 1. The van der Waals surface area contributed by atoms with E-state index in [1.807, 2.05) is 5.32 Å². The Bertz CT molecular complexity index is 296. The Morgan fingerprint density at radius 2 is 1.94 bits per heavy atom. The molecule has 0 aromatic rings. The minimum Gasteiger partial charge on any atom is -0.479 e. The minimum absolute atomic E-state index is 0.117. The van der Waals surface area contributed by atoms with Gasteiger partial charge in [0.05, 0.1) is 6.54 Å². The number of nitrogens with zero attached hydrogens (tertiary/aromatic N) is 1. The number of aliphatic hydroxyl groups excluding tert-OH is 1. The minimum atomic E-state index is -4.53. The quantitative estimate of drug-likeness (QED) is 0.653. The standard InChI is InChI=1S/C9H15F3N2O4/c1-2-3-14(5-9(10,11)12)8(18)13-4-6(15)7(16)17/h6,15H,2-5H2,1H3,(H,13,18)(H,16,17)/t6-/m0/s1. The number of alkyl halides is 3. The summed E-state index contributed by atoms with van der Waals surface area (Å²) in [5, 5.41) is 19.1. The third kappa shape index (κ3) is 6.94. The maximum Gasteiger partial charge on any atom is 0.406 e. The van der Waals surface area contributed by atoms with Gasteiger partial charge in [-0.25, -0.2) is 9.59 Å². The molecule has 0 unspecified atom stereocenters. The summed E-state index contributed by atoms with van der Waals surface area (Å²) in [6.07, 6.45) is -6.05. The van der Waals surface area contributed by atoms with E-state index in [0.29, 0.717) is 11.3 Å². The summed E-state index contributed by atoms with van der Waals surface area (Å²) < 4.78 is 36.5. The summed E-state index contributed by atoms with van der Waals surface area (Å²) in [7, 11) is 0. The Morgan fingerprint density at radius 1 is 1.39 bits per heavy atom. The summed E-state index contributed by atoms with van der Waals surface area (Å²) in [5.74, 6) is -1.56. The van der Waals surface area contributed by atoms with Crippen molar-refractivity contribution in [3.05, 3.63) is 0 Å². The Balaban J connectivity index is 4.35. The van der Waals surface area contributed by atoms with Crippen LogP contribution in [0.5, 0.6) is 0 Å². The number of rotatable bonds is 6. The van der Waals surface area contributed by atoms with Crippen LogP contribution in [-0.2, 0) is 4.79 Å². The van der Waals surface area contributed by atoms with Crippen LogP contribution in [0.4, 0.5) is 18.0 Å². The smallest absolute Gasteiger partial charge is 0.406 e. The van der Waals surface area contributed by atoms with Gasteiger partial charge in [0.15, 0.2) is 6.10 Å². The molecule has 0 fully saturated rings. The predicted octanol–water partition coefficient (Wildman–Crippen LogP) is 0.416. The van der Waals surface area contributed by atoms with E-state index >= 15 is 0 Å². The van der Waals surface area contributed by atoms with Crippen molar-refractivity contribution in [2.45, 2.75) is 25.6 Å². The first-order valence-electron chi connectivity index (χ1n) is 5.17. The summed E-state index contributed by atoms with van der Waals surface area (Å²) in [6, 6.07) is -1.06. The lowest BCUT2D eigenvalue weighted by atomic mass is 10.3. The van der Waals surface area contributed by atoms with Gasteiger partial charge in [0.2, 0.25) is 0 Å². The number of carboxylic acids is 1. The second-order valence-electron chi connectivity index (χ2n) is 3.58. The molecular weight excluding hydrogens is 257 g/mol. The van der Waals surface area contributed by atoms with Crippen LogP contribution in [0.3, 0.4) is 0 Å². The van der Waals surface area contributed by atoms with E-state index in [4.69, 9.17) is 10.2 Å². The van der Waals surface area contributed by atoms with E-state index in [9.17, 15) is 22.8 Å². The van der Waals surface area contributed by atoms with E-state index in [-0.39, 0.29) is 6.54 Å². The molecule has 0 saturated heterocycles. The summed E-state index contributed by atoms with van der Waals surface area (Å²) in [4.78, 5) is 22.1. The van der Waals surface area contributed by atoms with Gasteiger partial charge >= 0.3 is 18.2 Å². The second kappa shape index (κ2) is 7.04. The molecule has 0 radical (unpaired) electrons. The Kier molecular flexibility index (Phi) is 6.45. The zero-order valence-electron chi connectivity index (χ0n) is 9.70. The zero-order chi connectivity index (χ0) is 14.3. The number of hydrogen-bond donors (Lipinski definition) is 3. The molecule has 0 bridgehead atoms. The molecular formula is C9H15F3N2O4. The average molecular weight is 272 g/mol. The number of amides is 2. The third-order valence-corrected chi connectivity index (χ3v) is 1.88. The summed E-state index contributed by atoms with van der Waals surface area (Å²) in [5.41, 5.74) is 0. The molecule has 106 valence electrons. The molecule has 0 aromatic carbocycles. The Morgan fingerprint density at radius 3 is 2.33 bits per heavy atom. The molecule has 0 spiro atoms. The molecule has 9 heteroatoms. The largest absolute Gasteiger partial charge is 0.479 e. The number of carbonyl (C=O) groups excluding carboxylic acids is 1. The Hall–Kier alpha value is -1.51. The summed E-state index contributed by atoms with van der Waals surface area (Å²) in [6.45, 7) is -0.584. The van der Waals surface area contributed by atoms with Crippen molar-refractivity contribution >= 4 is 12.0 Å². The van der Waals surface area contributed by atoms with Crippen LogP contribution >= 0.6 is 0 Å². The van der Waals surface area contributed by atoms with Gasteiger partial charge in [-0.3, -0.25) is 0 Å².